The highest BCUT2D eigenvalue weighted by atomic mass is 35.5. The Hall–Kier alpha value is -0.930. The number of ether oxygens (including phenoxy) is 1. The van der Waals surface area contributed by atoms with Crippen molar-refractivity contribution in [2.24, 2.45) is 0 Å². The summed E-state index contributed by atoms with van der Waals surface area (Å²) in [4.78, 5) is 0. The number of fused-ring (bicyclic) bond motifs is 1. The first kappa shape index (κ1) is 9.62. The number of hydrogen-bond acceptors (Lipinski definition) is 3. The van der Waals surface area contributed by atoms with E-state index in [2.05, 4.69) is 0 Å². The van der Waals surface area contributed by atoms with E-state index in [9.17, 15) is 5.11 Å². The van der Waals surface area contributed by atoms with Crippen molar-refractivity contribution < 1.29 is 9.84 Å². The maximum atomic E-state index is 9.69. The fraction of sp³-hybridized carbons (Fsp3) is 0.200. The van der Waals surface area contributed by atoms with Crippen molar-refractivity contribution in [3.63, 3.8) is 0 Å². The maximum absolute atomic E-state index is 9.69. The van der Waals surface area contributed by atoms with Gasteiger partial charge in [-0.25, -0.2) is 0 Å². The largest absolute Gasteiger partial charge is 0.507 e. The molecule has 0 bridgehead atoms. The van der Waals surface area contributed by atoms with Gasteiger partial charge in [0.1, 0.15) is 11.5 Å². The number of aromatic hydroxyl groups is 1. The molecule has 74 valence electrons. The Morgan fingerprint density at radius 3 is 3.00 bits per heavy atom. The van der Waals surface area contributed by atoms with Gasteiger partial charge in [-0.1, -0.05) is 11.6 Å². The Balaban J connectivity index is 2.62. The Labute approximate surface area is 90.7 Å². The van der Waals surface area contributed by atoms with Gasteiger partial charge in [-0.3, -0.25) is 0 Å². The lowest BCUT2D eigenvalue weighted by atomic mass is 10.2. The van der Waals surface area contributed by atoms with Gasteiger partial charge in [-0.2, -0.15) is 0 Å². The second kappa shape index (κ2) is 3.67. The molecule has 0 radical (unpaired) electrons. The van der Waals surface area contributed by atoms with E-state index in [1.54, 1.807) is 6.07 Å². The van der Waals surface area contributed by atoms with Gasteiger partial charge >= 0.3 is 0 Å². The van der Waals surface area contributed by atoms with Crippen LogP contribution < -0.4 is 4.74 Å². The molecule has 2 rings (SSSR count). The van der Waals surface area contributed by atoms with E-state index in [1.165, 1.54) is 11.3 Å². The van der Waals surface area contributed by atoms with Crippen LogP contribution in [0.15, 0.2) is 17.5 Å². The van der Waals surface area contributed by atoms with Gasteiger partial charge < -0.3 is 9.84 Å². The molecule has 0 aliphatic carbocycles. The van der Waals surface area contributed by atoms with Crippen molar-refractivity contribution in [1.29, 1.82) is 0 Å². The molecule has 1 N–H and O–H groups in total. The van der Waals surface area contributed by atoms with Crippen molar-refractivity contribution in [1.82, 2.24) is 0 Å². The first-order valence-electron chi connectivity index (χ1n) is 4.25. The lowest BCUT2D eigenvalue weighted by Gasteiger charge is -2.04. The van der Waals surface area contributed by atoms with E-state index in [0.717, 1.165) is 4.70 Å². The second-order valence-electron chi connectivity index (χ2n) is 2.83. The first-order chi connectivity index (χ1) is 6.72. The normalized spacial score (nSPS) is 10.7. The lowest BCUT2D eigenvalue weighted by molar-refractivity contribution is 0.338. The van der Waals surface area contributed by atoms with Crippen molar-refractivity contribution in [2.75, 3.05) is 6.61 Å². The molecule has 0 spiro atoms. The van der Waals surface area contributed by atoms with Gasteiger partial charge in [-0.05, 0) is 13.0 Å². The number of phenols is 1. The van der Waals surface area contributed by atoms with Gasteiger partial charge in [0.05, 0.1) is 17.0 Å². The van der Waals surface area contributed by atoms with Gasteiger partial charge in [0.2, 0.25) is 0 Å². The molecule has 0 saturated heterocycles. The Morgan fingerprint density at radius 1 is 1.50 bits per heavy atom. The molecule has 0 atom stereocenters. The third-order valence-electron chi connectivity index (χ3n) is 1.89. The highest BCUT2D eigenvalue weighted by Crippen LogP contribution is 2.39. The fourth-order valence-electron chi connectivity index (χ4n) is 1.33. The summed E-state index contributed by atoms with van der Waals surface area (Å²) in [6.45, 7) is 2.49. The SMILES string of the molecule is CCOc1cc(O)c2c(Cl)csc2c1. The maximum Gasteiger partial charge on any atom is 0.129 e. The topological polar surface area (TPSA) is 29.5 Å². The van der Waals surface area contributed by atoms with Crippen LogP contribution in [0.2, 0.25) is 5.02 Å². The van der Waals surface area contributed by atoms with E-state index in [4.69, 9.17) is 16.3 Å². The van der Waals surface area contributed by atoms with Crippen LogP contribution in [0.1, 0.15) is 6.92 Å². The predicted octanol–water partition coefficient (Wildman–Crippen LogP) is 3.66. The summed E-state index contributed by atoms with van der Waals surface area (Å²) >= 11 is 7.41. The summed E-state index contributed by atoms with van der Waals surface area (Å²) in [5.41, 5.74) is 0. The molecule has 0 aliphatic rings. The molecule has 2 nitrogen and oxygen atoms in total. The quantitative estimate of drug-likeness (QED) is 0.850. The number of hydrogen-bond donors (Lipinski definition) is 1. The van der Waals surface area contributed by atoms with Gasteiger partial charge in [0, 0.05) is 16.1 Å². The Kier molecular flexibility index (Phi) is 2.52. The molecular weight excluding hydrogens is 220 g/mol. The minimum atomic E-state index is 0.178. The molecular formula is C10H9ClO2S. The zero-order chi connectivity index (χ0) is 10.1. The summed E-state index contributed by atoms with van der Waals surface area (Å²) in [6.07, 6.45) is 0. The third kappa shape index (κ3) is 1.53. The number of halogens is 1. The molecule has 1 heterocycles. The number of thiophene rings is 1. The molecule has 2 aromatic rings. The summed E-state index contributed by atoms with van der Waals surface area (Å²) in [7, 11) is 0. The van der Waals surface area contributed by atoms with E-state index in [-0.39, 0.29) is 5.75 Å². The number of phenolic OH excluding ortho intramolecular Hbond substituents is 1. The number of benzene rings is 1. The van der Waals surface area contributed by atoms with Crippen LogP contribution in [-0.4, -0.2) is 11.7 Å². The highest BCUT2D eigenvalue weighted by molar-refractivity contribution is 7.18. The van der Waals surface area contributed by atoms with Crippen LogP contribution in [-0.2, 0) is 0 Å². The molecule has 0 fully saturated rings. The summed E-state index contributed by atoms with van der Waals surface area (Å²) < 4.78 is 6.25. The van der Waals surface area contributed by atoms with E-state index < -0.39 is 0 Å². The van der Waals surface area contributed by atoms with Crippen molar-refractivity contribution in [2.45, 2.75) is 6.92 Å². The van der Waals surface area contributed by atoms with Crippen LogP contribution >= 0.6 is 22.9 Å². The zero-order valence-electron chi connectivity index (χ0n) is 7.58. The first-order valence-corrected chi connectivity index (χ1v) is 5.50. The average molecular weight is 229 g/mol. The van der Waals surface area contributed by atoms with Gasteiger partial charge in [0.15, 0.2) is 0 Å². The van der Waals surface area contributed by atoms with Crippen molar-refractivity contribution in [3.05, 3.63) is 22.5 Å². The Bertz CT molecular complexity index is 464. The molecule has 4 heteroatoms. The third-order valence-corrected chi connectivity index (χ3v) is 3.25. The molecule has 14 heavy (non-hydrogen) atoms. The molecule has 0 amide bonds. The monoisotopic (exact) mass is 228 g/mol. The van der Waals surface area contributed by atoms with E-state index in [1.807, 2.05) is 18.4 Å². The van der Waals surface area contributed by atoms with E-state index in [0.29, 0.717) is 22.8 Å². The average Bonchev–Trinajstić information content (AvgIpc) is 2.48. The molecule has 0 saturated carbocycles. The van der Waals surface area contributed by atoms with Crippen LogP contribution in [0.4, 0.5) is 0 Å². The minimum absolute atomic E-state index is 0.178. The highest BCUT2D eigenvalue weighted by Gasteiger charge is 2.09. The predicted molar refractivity (Wildman–Crippen MR) is 59.7 cm³/mol. The van der Waals surface area contributed by atoms with Crippen LogP contribution in [0.3, 0.4) is 0 Å². The van der Waals surface area contributed by atoms with E-state index >= 15 is 0 Å². The molecule has 0 unspecified atom stereocenters. The lowest BCUT2D eigenvalue weighted by Crippen LogP contribution is -1.90. The fourth-order valence-corrected chi connectivity index (χ4v) is 2.59. The smallest absolute Gasteiger partial charge is 0.129 e. The second-order valence-corrected chi connectivity index (χ2v) is 4.15. The minimum Gasteiger partial charge on any atom is -0.507 e. The van der Waals surface area contributed by atoms with Crippen LogP contribution in [0.5, 0.6) is 11.5 Å². The van der Waals surface area contributed by atoms with Gasteiger partial charge in [-0.15, -0.1) is 11.3 Å². The van der Waals surface area contributed by atoms with Crippen molar-refractivity contribution in [3.8, 4) is 11.5 Å². The van der Waals surface area contributed by atoms with Crippen LogP contribution in [0, 0.1) is 0 Å². The number of rotatable bonds is 2. The van der Waals surface area contributed by atoms with Crippen LogP contribution in [0.25, 0.3) is 10.1 Å². The Morgan fingerprint density at radius 2 is 2.29 bits per heavy atom. The van der Waals surface area contributed by atoms with Gasteiger partial charge in [0.25, 0.3) is 0 Å². The summed E-state index contributed by atoms with van der Waals surface area (Å²) in [6, 6.07) is 3.47. The standard InChI is InChI=1S/C10H9ClO2S/c1-2-13-6-3-8(12)10-7(11)5-14-9(10)4-6/h3-5,12H,2H2,1H3. The zero-order valence-corrected chi connectivity index (χ0v) is 9.15. The summed E-state index contributed by atoms with van der Waals surface area (Å²) in [5.74, 6) is 0.855. The summed E-state index contributed by atoms with van der Waals surface area (Å²) in [5, 5.41) is 12.8. The van der Waals surface area contributed by atoms with Crippen molar-refractivity contribution >= 4 is 33.0 Å². The molecule has 0 aliphatic heterocycles. The molecule has 1 aromatic heterocycles. The molecule has 1 aromatic carbocycles.